The second-order valence-electron chi connectivity index (χ2n) is 6.19. The fourth-order valence-electron chi connectivity index (χ4n) is 2.98. The van der Waals surface area contributed by atoms with Crippen molar-refractivity contribution in [3.63, 3.8) is 0 Å². The number of hydrogen-bond acceptors (Lipinski definition) is 3. The van der Waals surface area contributed by atoms with E-state index in [1.165, 1.54) is 0 Å². The molecule has 0 bridgehead atoms. The van der Waals surface area contributed by atoms with Gasteiger partial charge < -0.3 is 10.1 Å². The van der Waals surface area contributed by atoms with Crippen LogP contribution in [0.5, 0.6) is 0 Å². The van der Waals surface area contributed by atoms with Gasteiger partial charge in [0.2, 0.25) is 0 Å². The summed E-state index contributed by atoms with van der Waals surface area (Å²) in [4.78, 5) is 23.5. The molecular weight excluding hydrogens is 302 g/mol. The Balaban J connectivity index is 1.46. The van der Waals surface area contributed by atoms with Crippen LogP contribution in [0.4, 0.5) is 4.79 Å². The van der Waals surface area contributed by atoms with Gasteiger partial charge in [-0.2, -0.15) is 0 Å². The Morgan fingerprint density at radius 1 is 1.08 bits per heavy atom. The largest absolute Gasteiger partial charge is 0.445 e. The summed E-state index contributed by atoms with van der Waals surface area (Å²) in [7, 11) is 0. The quantitative estimate of drug-likeness (QED) is 0.820. The summed E-state index contributed by atoms with van der Waals surface area (Å²) < 4.78 is 5.21. The zero-order valence-corrected chi connectivity index (χ0v) is 13.7. The summed E-state index contributed by atoms with van der Waals surface area (Å²) >= 11 is 0. The summed E-state index contributed by atoms with van der Waals surface area (Å²) in [6.45, 7) is 2.44. The van der Waals surface area contributed by atoms with Crippen LogP contribution in [0.1, 0.15) is 40.7 Å². The Morgan fingerprint density at radius 2 is 1.79 bits per heavy atom. The van der Waals surface area contributed by atoms with Gasteiger partial charge in [-0.05, 0) is 36.3 Å². The lowest BCUT2D eigenvalue weighted by Gasteiger charge is -2.08. The number of alkyl carbamates (subject to hydrolysis) is 1. The lowest BCUT2D eigenvalue weighted by molar-refractivity contribution is 0.101. The zero-order valence-electron chi connectivity index (χ0n) is 13.7. The predicted molar refractivity (Wildman–Crippen MR) is 91.9 cm³/mol. The van der Waals surface area contributed by atoms with Gasteiger partial charge in [-0.25, -0.2) is 4.79 Å². The van der Waals surface area contributed by atoms with Gasteiger partial charge in [0.1, 0.15) is 6.61 Å². The van der Waals surface area contributed by atoms with Gasteiger partial charge in [0.25, 0.3) is 0 Å². The van der Waals surface area contributed by atoms with Crippen LogP contribution >= 0.6 is 0 Å². The molecular formula is C20H21NO3. The van der Waals surface area contributed by atoms with Gasteiger partial charge in [-0.3, -0.25) is 4.79 Å². The molecule has 2 unspecified atom stereocenters. The summed E-state index contributed by atoms with van der Waals surface area (Å²) in [5.41, 5.74) is 2.85. The Labute approximate surface area is 141 Å². The molecule has 1 N–H and O–H groups in total. The third kappa shape index (κ3) is 4.02. The molecule has 0 saturated heterocycles. The normalized spacial score (nSPS) is 18.7. The van der Waals surface area contributed by atoms with Crippen molar-refractivity contribution in [2.75, 3.05) is 6.54 Å². The number of amides is 1. The van der Waals surface area contributed by atoms with Crippen LogP contribution in [0.25, 0.3) is 0 Å². The van der Waals surface area contributed by atoms with Gasteiger partial charge in [0, 0.05) is 12.1 Å². The van der Waals surface area contributed by atoms with Crippen LogP contribution in [0, 0.1) is 5.92 Å². The molecule has 4 heteroatoms. The molecule has 4 nitrogen and oxygen atoms in total. The topological polar surface area (TPSA) is 55.4 Å². The van der Waals surface area contributed by atoms with Gasteiger partial charge in [-0.1, -0.05) is 54.6 Å². The van der Waals surface area contributed by atoms with Crippen LogP contribution in [-0.4, -0.2) is 18.4 Å². The average Bonchev–Trinajstić information content (AvgIpc) is 3.38. The van der Waals surface area contributed by atoms with E-state index in [4.69, 9.17) is 4.74 Å². The summed E-state index contributed by atoms with van der Waals surface area (Å²) in [6.07, 6.45) is 0.591. The molecule has 1 aliphatic rings. The summed E-state index contributed by atoms with van der Waals surface area (Å²) in [6, 6.07) is 17.3. The highest BCUT2D eigenvalue weighted by Gasteiger charge is 2.39. The first-order chi connectivity index (χ1) is 11.6. The van der Waals surface area contributed by atoms with Gasteiger partial charge in [0.15, 0.2) is 5.78 Å². The second-order valence-corrected chi connectivity index (χ2v) is 6.19. The molecule has 0 aromatic heterocycles. The van der Waals surface area contributed by atoms with Crippen molar-refractivity contribution in [3.8, 4) is 0 Å². The first-order valence-corrected chi connectivity index (χ1v) is 8.19. The van der Waals surface area contributed by atoms with Crippen LogP contribution in [0.2, 0.25) is 0 Å². The van der Waals surface area contributed by atoms with Gasteiger partial charge >= 0.3 is 6.09 Å². The average molecular weight is 323 g/mol. The van der Waals surface area contributed by atoms with E-state index >= 15 is 0 Å². The molecule has 1 amide bonds. The number of rotatable bonds is 6. The van der Waals surface area contributed by atoms with E-state index < -0.39 is 6.09 Å². The number of ketones is 1. The second kappa shape index (κ2) is 7.30. The molecule has 24 heavy (non-hydrogen) atoms. The van der Waals surface area contributed by atoms with E-state index in [0.717, 1.165) is 23.1 Å². The molecule has 2 aromatic carbocycles. The van der Waals surface area contributed by atoms with E-state index in [1.54, 1.807) is 6.92 Å². The van der Waals surface area contributed by atoms with Crippen LogP contribution < -0.4 is 5.32 Å². The first kappa shape index (κ1) is 16.2. The maximum Gasteiger partial charge on any atom is 0.407 e. The van der Waals surface area contributed by atoms with Crippen molar-refractivity contribution in [3.05, 3.63) is 71.3 Å². The van der Waals surface area contributed by atoms with Crippen molar-refractivity contribution in [2.24, 2.45) is 5.92 Å². The lowest BCUT2D eigenvalue weighted by Crippen LogP contribution is -2.26. The van der Waals surface area contributed by atoms with Crippen molar-refractivity contribution in [2.45, 2.75) is 25.9 Å². The third-order valence-corrected chi connectivity index (χ3v) is 4.38. The first-order valence-electron chi connectivity index (χ1n) is 8.19. The van der Waals surface area contributed by atoms with E-state index in [1.807, 2.05) is 54.6 Å². The van der Waals surface area contributed by atoms with Crippen molar-refractivity contribution in [1.29, 1.82) is 0 Å². The Morgan fingerprint density at radius 3 is 2.54 bits per heavy atom. The summed E-state index contributed by atoms with van der Waals surface area (Å²) in [5, 5.41) is 2.82. The lowest BCUT2D eigenvalue weighted by atomic mass is 9.99. The van der Waals surface area contributed by atoms with Gasteiger partial charge in [-0.15, -0.1) is 0 Å². The highest BCUT2D eigenvalue weighted by molar-refractivity contribution is 5.95. The minimum Gasteiger partial charge on any atom is -0.445 e. The van der Waals surface area contributed by atoms with E-state index in [0.29, 0.717) is 18.4 Å². The van der Waals surface area contributed by atoms with E-state index in [-0.39, 0.29) is 12.4 Å². The molecule has 0 radical (unpaired) electrons. The van der Waals surface area contributed by atoms with Crippen molar-refractivity contribution >= 4 is 11.9 Å². The van der Waals surface area contributed by atoms with E-state index in [2.05, 4.69) is 5.32 Å². The van der Waals surface area contributed by atoms with Crippen LogP contribution in [0.3, 0.4) is 0 Å². The molecule has 1 aliphatic carbocycles. The molecule has 2 atom stereocenters. The maximum absolute atomic E-state index is 11.8. The standard InChI is InChI=1S/C20H21NO3/c1-14(22)17-9-5-6-10-18(17)19-11-16(19)12-21-20(23)24-13-15-7-3-2-4-8-15/h2-10,16,19H,11-13H2,1H3,(H,21,23). The zero-order chi connectivity index (χ0) is 16.9. The molecule has 0 aliphatic heterocycles. The minimum absolute atomic E-state index is 0.0893. The summed E-state index contributed by atoms with van der Waals surface area (Å²) in [5.74, 6) is 0.806. The van der Waals surface area contributed by atoms with Crippen molar-refractivity contribution < 1.29 is 14.3 Å². The third-order valence-electron chi connectivity index (χ3n) is 4.38. The number of ether oxygens (including phenoxy) is 1. The molecule has 2 aromatic rings. The number of nitrogens with one attached hydrogen (secondary N) is 1. The van der Waals surface area contributed by atoms with E-state index in [9.17, 15) is 9.59 Å². The van der Waals surface area contributed by atoms with Crippen molar-refractivity contribution in [1.82, 2.24) is 5.32 Å². The highest BCUT2D eigenvalue weighted by Crippen LogP contribution is 2.48. The smallest absolute Gasteiger partial charge is 0.407 e. The Hall–Kier alpha value is -2.62. The maximum atomic E-state index is 11.8. The molecule has 0 heterocycles. The Bertz CT molecular complexity index is 727. The Kier molecular flexibility index (Phi) is 4.94. The fraction of sp³-hybridized carbons (Fsp3) is 0.300. The molecule has 0 spiro atoms. The molecule has 3 rings (SSSR count). The minimum atomic E-state index is -0.399. The van der Waals surface area contributed by atoms with Crippen LogP contribution in [0.15, 0.2) is 54.6 Å². The number of carbonyl (C=O) groups is 2. The monoisotopic (exact) mass is 323 g/mol. The fourth-order valence-corrected chi connectivity index (χ4v) is 2.98. The number of Topliss-reactive ketones (excluding diaryl/α,β-unsaturated/α-hetero) is 1. The molecule has 124 valence electrons. The SMILES string of the molecule is CC(=O)c1ccccc1C1CC1CNC(=O)OCc1ccccc1. The van der Waals surface area contributed by atoms with Gasteiger partial charge in [0.05, 0.1) is 0 Å². The predicted octanol–water partition coefficient (Wildman–Crippen LogP) is 3.92. The number of benzene rings is 2. The highest BCUT2D eigenvalue weighted by atomic mass is 16.5. The van der Waals surface area contributed by atoms with Crippen LogP contribution in [-0.2, 0) is 11.3 Å². The number of carbonyl (C=O) groups excluding carboxylic acids is 2. The number of hydrogen-bond donors (Lipinski definition) is 1. The molecule has 1 fully saturated rings. The molecule has 1 saturated carbocycles.